The Bertz CT molecular complexity index is 746. The topological polar surface area (TPSA) is 78.1 Å². The summed E-state index contributed by atoms with van der Waals surface area (Å²) in [6.45, 7) is 8.21. The highest BCUT2D eigenvalue weighted by atomic mass is 16.7. The van der Waals surface area contributed by atoms with Gasteiger partial charge in [0.1, 0.15) is 18.1 Å². The van der Waals surface area contributed by atoms with Gasteiger partial charge in [0.25, 0.3) is 0 Å². The summed E-state index contributed by atoms with van der Waals surface area (Å²) in [5.41, 5.74) is 0.152. The average molecular weight is 344 g/mol. The Labute approximate surface area is 146 Å². The predicted molar refractivity (Wildman–Crippen MR) is 92.2 cm³/mol. The fraction of sp³-hybridized carbons (Fsp3) is 0.389. The van der Waals surface area contributed by atoms with E-state index < -0.39 is 13.1 Å². The number of carbonyl (C=O) groups is 1. The second-order valence-electron chi connectivity index (χ2n) is 7.02. The molecular weight excluding hydrogens is 323 g/mol. The van der Waals surface area contributed by atoms with Crippen LogP contribution < -0.4 is 10.2 Å². The van der Waals surface area contributed by atoms with Gasteiger partial charge in [0.05, 0.1) is 11.2 Å². The van der Waals surface area contributed by atoms with E-state index in [0.717, 1.165) is 5.46 Å². The molecule has 1 aromatic carbocycles. The minimum atomic E-state index is -1.10. The third-order valence-electron chi connectivity index (χ3n) is 4.66. The molecule has 0 bridgehead atoms. The molecule has 25 heavy (non-hydrogen) atoms. The van der Waals surface area contributed by atoms with Gasteiger partial charge < -0.3 is 23.6 Å². The van der Waals surface area contributed by atoms with Crippen molar-refractivity contribution in [3.8, 4) is 5.75 Å². The first-order chi connectivity index (χ1) is 11.7. The Morgan fingerprint density at radius 1 is 1.04 bits per heavy atom. The van der Waals surface area contributed by atoms with Gasteiger partial charge in [-0.25, -0.2) is 4.79 Å². The van der Waals surface area contributed by atoms with Crippen molar-refractivity contribution in [1.82, 2.24) is 0 Å². The van der Waals surface area contributed by atoms with Crippen LogP contribution >= 0.6 is 0 Å². The second kappa shape index (κ2) is 6.24. The van der Waals surface area contributed by atoms with E-state index in [-0.39, 0.29) is 23.6 Å². The molecule has 3 rings (SSSR count). The molecule has 0 unspecified atom stereocenters. The standard InChI is InChI=1S/C18H21BO6/c1-17(2)18(3,4)25-19(24-17)12-5-7-13(8-6-12)22-11-14-9-10-15(23-14)16(20)21/h5-10H,11H2,1-4H3,(H,20,21). The van der Waals surface area contributed by atoms with Gasteiger partial charge in [0, 0.05) is 0 Å². The highest BCUT2D eigenvalue weighted by Crippen LogP contribution is 2.36. The number of aromatic carboxylic acids is 1. The molecular formula is C18H21BO6. The number of benzene rings is 1. The van der Waals surface area contributed by atoms with Crippen LogP contribution in [0, 0.1) is 0 Å². The summed E-state index contributed by atoms with van der Waals surface area (Å²) in [5.74, 6) is -0.103. The third kappa shape index (κ3) is 3.57. The van der Waals surface area contributed by atoms with Crippen LogP contribution in [0.5, 0.6) is 5.75 Å². The molecule has 1 aliphatic heterocycles. The fourth-order valence-corrected chi connectivity index (χ4v) is 2.43. The summed E-state index contributed by atoms with van der Waals surface area (Å²) in [6, 6.07) is 10.4. The van der Waals surface area contributed by atoms with Crippen molar-refractivity contribution >= 4 is 18.6 Å². The van der Waals surface area contributed by atoms with E-state index in [0.29, 0.717) is 11.5 Å². The molecule has 0 amide bonds. The Hall–Kier alpha value is -2.25. The number of ether oxygens (including phenoxy) is 1. The SMILES string of the molecule is CC1(C)OB(c2ccc(OCc3ccc(C(=O)O)o3)cc2)OC1(C)C. The summed E-state index contributed by atoms with van der Waals surface area (Å²) < 4.78 is 22.8. The van der Waals surface area contributed by atoms with Gasteiger partial charge in [-0.2, -0.15) is 0 Å². The van der Waals surface area contributed by atoms with Crippen LogP contribution in [0.15, 0.2) is 40.8 Å². The van der Waals surface area contributed by atoms with Crippen LogP contribution in [0.3, 0.4) is 0 Å². The zero-order valence-corrected chi connectivity index (χ0v) is 14.7. The Morgan fingerprint density at radius 3 is 2.16 bits per heavy atom. The van der Waals surface area contributed by atoms with Crippen molar-refractivity contribution < 1.29 is 28.4 Å². The molecule has 1 aliphatic rings. The first-order valence-electron chi connectivity index (χ1n) is 8.08. The average Bonchev–Trinajstić information content (AvgIpc) is 3.09. The van der Waals surface area contributed by atoms with Crippen molar-refractivity contribution in [1.29, 1.82) is 0 Å². The lowest BCUT2D eigenvalue weighted by atomic mass is 9.79. The number of hydrogen-bond donors (Lipinski definition) is 1. The minimum Gasteiger partial charge on any atom is -0.486 e. The van der Waals surface area contributed by atoms with Crippen molar-refractivity contribution in [2.75, 3.05) is 0 Å². The molecule has 1 fully saturated rings. The largest absolute Gasteiger partial charge is 0.494 e. The lowest BCUT2D eigenvalue weighted by Gasteiger charge is -2.32. The summed E-state index contributed by atoms with van der Waals surface area (Å²) >= 11 is 0. The van der Waals surface area contributed by atoms with E-state index in [1.165, 1.54) is 6.07 Å². The minimum absolute atomic E-state index is 0.102. The van der Waals surface area contributed by atoms with Crippen LogP contribution in [0.1, 0.15) is 44.0 Å². The summed E-state index contributed by atoms with van der Waals surface area (Å²) in [5, 5.41) is 8.83. The summed E-state index contributed by atoms with van der Waals surface area (Å²) in [7, 11) is -0.415. The lowest BCUT2D eigenvalue weighted by Crippen LogP contribution is -2.41. The summed E-state index contributed by atoms with van der Waals surface area (Å²) in [6.07, 6.45) is 0. The molecule has 1 N–H and O–H groups in total. The predicted octanol–water partition coefficient (Wildman–Crippen LogP) is 2.86. The van der Waals surface area contributed by atoms with Crippen LogP contribution in [0.4, 0.5) is 0 Å². The quantitative estimate of drug-likeness (QED) is 0.841. The second-order valence-corrected chi connectivity index (χ2v) is 7.02. The molecule has 0 spiro atoms. The Balaban J connectivity index is 1.62. The molecule has 0 atom stereocenters. The molecule has 0 radical (unpaired) electrons. The van der Waals surface area contributed by atoms with Crippen molar-refractivity contribution in [3.63, 3.8) is 0 Å². The van der Waals surface area contributed by atoms with Gasteiger partial charge in [-0.05, 0) is 57.4 Å². The van der Waals surface area contributed by atoms with Crippen LogP contribution in [-0.2, 0) is 15.9 Å². The van der Waals surface area contributed by atoms with E-state index >= 15 is 0 Å². The lowest BCUT2D eigenvalue weighted by molar-refractivity contribution is 0.00578. The number of furan rings is 1. The number of carboxylic acids is 1. The highest BCUT2D eigenvalue weighted by Gasteiger charge is 2.51. The maximum absolute atomic E-state index is 10.8. The molecule has 2 aromatic rings. The van der Waals surface area contributed by atoms with Crippen LogP contribution in [0.25, 0.3) is 0 Å². The van der Waals surface area contributed by atoms with E-state index in [1.54, 1.807) is 6.07 Å². The van der Waals surface area contributed by atoms with Crippen LogP contribution in [-0.4, -0.2) is 29.4 Å². The van der Waals surface area contributed by atoms with Crippen molar-refractivity contribution in [2.45, 2.75) is 45.5 Å². The summed E-state index contributed by atoms with van der Waals surface area (Å²) in [4.78, 5) is 10.8. The van der Waals surface area contributed by atoms with Crippen LogP contribution in [0.2, 0.25) is 0 Å². The molecule has 2 heterocycles. The Kier molecular flexibility index (Phi) is 4.39. The smallest absolute Gasteiger partial charge is 0.486 e. The van der Waals surface area contributed by atoms with Crippen molar-refractivity contribution in [3.05, 3.63) is 47.9 Å². The van der Waals surface area contributed by atoms with Crippen molar-refractivity contribution in [2.24, 2.45) is 0 Å². The molecule has 1 aromatic heterocycles. The molecule has 1 saturated heterocycles. The number of hydrogen-bond acceptors (Lipinski definition) is 5. The molecule has 0 aliphatic carbocycles. The van der Waals surface area contributed by atoms with Gasteiger partial charge in [0.2, 0.25) is 5.76 Å². The highest BCUT2D eigenvalue weighted by molar-refractivity contribution is 6.62. The van der Waals surface area contributed by atoms with Gasteiger partial charge >= 0.3 is 13.1 Å². The van der Waals surface area contributed by atoms with E-state index in [1.807, 2.05) is 52.0 Å². The zero-order valence-electron chi connectivity index (χ0n) is 14.7. The Morgan fingerprint density at radius 2 is 1.64 bits per heavy atom. The maximum atomic E-state index is 10.8. The maximum Gasteiger partial charge on any atom is 0.494 e. The first-order valence-corrected chi connectivity index (χ1v) is 8.08. The third-order valence-corrected chi connectivity index (χ3v) is 4.66. The van der Waals surface area contributed by atoms with Gasteiger partial charge in [-0.1, -0.05) is 12.1 Å². The van der Waals surface area contributed by atoms with Gasteiger partial charge in [-0.15, -0.1) is 0 Å². The monoisotopic (exact) mass is 344 g/mol. The van der Waals surface area contributed by atoms with E-state index in [4.69, 9.17) is 23.6 Å². The number of carboxylic acid groups (broad SMARTS) is 1. The molecule has 6 nitrogen and oxygen atoms in total. The van der Waals surface area contributed by atoms with E-state index in [9.17, 15) is 4.79 Å². The zero-order chi connectivity index (χ0) is 18.2. The molecule has 132 valence electrons. The van der Waals surface area contributed by atoms with Gasteiger partial charge in [0.15, 0.2) is 0 Å². The fourth-order valence-electron chi connectivity index (χ4n) is 2.43. The van der Waals surface area contributed by atoms with E-state index in [2.05, 4.69) is 0 Å². The molecule has 0 saturated carbocycles. The normalized spacial score (nSPS) is 18.3. The first kappa shape index (κ1) is 17.6. The van der Waals surface area contributed by atoms with Gasteiger partial charge in [-0.3, -0.25) is 0 Å². The number of rotatable bonds is 5. The molecule has 7 heteroatoms.